The minimum Gasteiger partial charge on any atom is -0.506 e. The molecule has 1 saturated carbocycles. The zero-order valence-corrected chi connectivity index (χ0v) is 29.5. The molecule has 1 aromatic rings. The molecule has 4 aliphatic heterocycles. The number of hydrogen-bond donors (Lipinski definition) is 2. The summed E-state index contributed by atoms with van der Waals surface area (Å²) in [6, 6.07) is 0. The maximum Gasteiger partial charge on any atom is 0.298 e. The van der Waals surface area contributed by atoms with Gasteiger partial charge in [0.05, 0.1) is 22.9 Å². The van der Waals surface area contributed by atoms with Crippen molar-refractivity contribution < 1.29 is 48.3 Å². The lowest BCUT2D eigenvalue weighted by molar-refractivity contribution is -0.171. The van der Waals surface area contributed by atoms with Crippen LogP contribution >= 0.6 is 0 Å². The SMILES string of the molecule is CC(C)=CCC[C@@]1(C)C=Cc2c(O)c3c(c(CC(O)C4OC4(C)C)c2O1)O[C@]12C(=CC4CC1C(C)(C)OC2(C/C=C(/C)OC=O)C4=O)C3=O. The molecule has 262 valence electrons. The molecular weight excluding hydrogens is 628 g/mol. The van der Waals surface area contributed by atoms with Crippen molar-refractivity contribution >= 4 is 24.1 Å². The molecule has 0 amide bonds. The van der Waals surface area contributed by atoms with Crippen LogP contribution in [0.4, 0.5) is 0 Å². The highest BCUT2D eigenvalue weighted by Gasteiger charge is 2.81. The average Bonchev–Trinajstić information content (AvgIpc) is 3.63. The Hall–Kier alpha value is -3.73. The molecule has 5 unspecified atom stereocenters. The fourth-order valence-electron chi connectivity index (χ4n) is 9.04. The summed E-state index contributed by atoms with van der Waals surface area (Å²) in [7, 11) is 0. The van der Waals surface area contributed by atoms with Crippen LogP contribution in [0.2, 0.25) is 0 Å². The predicted molar refractivity (Wildman–Crippen MR) is 179 cm³/mol. The zero-order valence-electron chi connectivity index (χ0n) is 29.5. The highest BCUT2D eigenvalue weighted by atomic mass is 16.6. The van der Waals surface area contributed by atoms with E-state index >= 15 is 0 Å². The molecule has 1 spiro atoms. The van der Waals surface area contributed by atoms with E-state index in [2.05, 4.69) is 6.08 Å². The number of Topliss-reactive ketones (excluding diaryl/α,β-unsaturated/α-hetero) is 2. The molecule has 4 bridgehead atoms. The Bertz CT molecular complexity index is 1790. The van der Waals surface area contributed by atoms with E-state index in [1.807, 2.05) is 54.5 Å². The molecule has 7 aliphatic rings. The molecule has 2 saturated heterocycles. The van der Waals surface area contributed by atoms with Crippen LogP contribution in [-0.2, 0) is 30.2 Å². The van der Waals surface area contributed by atoms with E-state index in [1.165, 1.54) is 5.57 Å². The van der Waals surface area contributed by atoms with Gasteiger partial charge in [0, 0.05) is 35.8 Å². The summed E-state index contributed by atoms with van der Waals surface area (Å²) >= 11 is 0. The largest absolute Gasteiger partial charge is 0.506 e. The van der Waals surface area contributed by atoms with Crippen LogP contribution < -0.4 is 9.47 Å². The van der Waals surface area contributed by atoms with E-state index in [4.69, 9.17) is 23.7 Å². The van der Waals surface area contributed by atoms with E-state index in [9.17, 15) is 24.6 Å². The van der Waals surface area contributed by atoms with Crippen molar-refractivity contribution in [2.75, 3.05) is 0 Å². The van der Waals surface area contributed by atoms with Crippen LogP contribution in [0.5, 0.6) is 17.2 Å². The van der Waals surface area contributed by atoms with Crippen LogP contribution in [0.15, 0.2) is 41.2 Å². The maximum atomic E-state index is 14.9. The van der Waals surface area contributed by atoms with E-state index in [0.717, 1.165) is 6.42 Å². The molecule has 0 radical (unpaired) electrons. The maximum absolute atomic E-state index is 14.9. The number of phenolic OH excluding ortho intramolecular Hbond substituents is 1. The van der Waals surface area contributed by atoms with Gasteiger partial charge in [0.15, 0.2) is 22.8 Å². The van der Waals surface area contributed by atoms with Crippen molar-refractivity contribution in [3.05, 3.63) is 57.9 Å². The van der Waals surface area contributed by atoms with Crippen LogP contribution in [0.3, 0.4) is 0 Å². The second-order valence-electron chi connectivity index (χ2n) is 16.0. The van der Waals surface area contributed by atoms with Gasteiger partial charge in [0.25, 0.3) is 6.47 Å². The minimum atomic E-state index is -1.63. The summed E-state index contributed by atoms with van der Waals surface area (Å²) in [4.78, 5) is 40.4. The summed E-state index contributed by atoms with van der Waals surface area (Å²) in [6.07, 6.45) is 9.47. The Morgan fingerprint density at radius 2 is 1.78 bits per heavy atom. The number of rotatable bonds is 10. The summed E-state index contributed by atoms with van der Waals surface area (Å²) in [6.45, 7) is 15.6. The standard InChI is InChI=1S/C39H46O10/c1-20(2)10-9-13-37(8)14-12-23-29(42)28-30(43)25-16-22-17-27-35(4,5)49-38(33(22)44,15-11-21(3)45-19-40)39(25,27)47-32(28)24(31(23)46-37)18-26(41)34-36(6,7)48-34/h10-12,14,16,19,22,26-27,34,41-42H,9,13,15,17-18H2,1-8H3/b21-11-/t22?,26?,27?,34?,37-,38?,39+/m0/s1. The molecule has 1 aromatic carbocycles. The van der Waals surface area contributed by atoms with E-state index in [0.29, 0.717) is 36.2 Å². The highest BCUT2D eigenvalue weighted by molar-refractivity contribution is 6.19. The number of carbonyl (C=O) groups excluding carboxylic acids is 3. The number of allylic oxidation sites excluding steroid dienone is 4. The number of aliphatic hydroxyl groups excluding tert-OH is 1. The molecule has 3 aliphatic carbocycles. The number of phenols is 1. The van der Waals surface area contributed by atoms with Crippen LogP contribution in [0.25, 0.3) is 6.08 Å². The number of aliphatic hydroxyl groups is 1. The van der Waals surface area contributed by atoms with Crippen LogP contribution in [0.1, 0.15) is 103 Å². The highest BCUT2D eigenvalue weighted by Crippen LogP contribution is 2.68. The van der Waals surface area contributed by atoms with Crippen molar-refractivity contribution in [1.82, 2.24) is 0 Å². The summed E-state index contributed by atoms with van der Waals surface area (Å²) in [5.74, 6) is -1.29. The van der Waals surface area contributed by atoms with Gasteiger partial charge in [-0.15, -0.1) is 0 Å². The number of aromatic hydroxyl groups is 1. The lowest BCUT2D eigenvalue weighted by Gasteiger charge is -2.56. The molecule has 4 heterocycles. The van der Waals surface area contributed by atoms with Gasteiger partial charge in [-0.05, 0) is 92.9 Å². The second kappa shape index (κ2) is 10.9. The molecule has 2 N–H and O–H groups in total. The van der Waals surface area contributed by atoms with Gasteiger partial charge in [-0.25, -0.2) is 0 Å². The Morgan fingerprint density at radius 1 is 1.06 bits per heavy atom. The Balaban J connectivity index is 1.43. The predicted octanol–water partition coefficient (Wildman–Crippen LogP) is 5.86. The number of hydrogen-bond acceptors (Lipinski definition) is 10. The molecule has 7 atom stereocenters. The Kier molecular flexibility index (Phi) is 7.50. The number of benzene rings is 1. The van der Waals surface area contributed by atoms with Gasteiger partial charge in [-0.1, -0.05) is 17.7 Å². The minimum absolute atomic E-state index is 0.00398. The molecule has 8 rings (SSSR count). The first-order valence-corrected chi connectivity index (χ1v) is 17.2. The van der Waals surface area contributed by atoms with E-state index < -0.39 is 57.8 Å². The van der Waals surface area contributed by atoms with Gasteiger partial charge in [0.1, 0.15) is 40.3 Å². The fraction of sp³-hybridized carbons (Fsp3) is 0.564. The monoisotopic (exact) mass is 674 g/mol. The number of carbonyl (C=O) groups is 3. The lowest BCUT2D eigenvalue weighted by Crippen LogP contribution is -2.72. The van der Waals surface area contributed by atoms with Crippen molar-refractivity contribution in [1.29, 1.82) is 0 Å². The van der Waals surface area contributed by atoms with Gasteiger partial charge in [0.2, 0.25) is 0 Å². The normalized spacial score (nSPS) is 34.5. The van der Waals surface area contributed by atoms with E-state index in [1.54, 1.807) is 25.2 Å². The molecule has 10 nitrogen and oxygen atoms in total. The number of ether oxygens (including phenoxy) is 5. The molecule has 10 heteroatoms. The van der Waals surface area contributed by atoms with Gasteiger partial charge in [-0.3, -0.25) is 14.4 Å². The van der Waals surface area contributed by atoms with Gasteiger partial charge < -0.3 is 33.9 Å². The average molecular weight is 675 g/mol. The van der Waals surface area contributed by atoms with Crippen LogP contribution in [-0.4, -0.2) is 68.5 Å². The number of ketones is 2. The molecule has 0 aromatic heterocycles. The van der Waals surface area contributed by atoms with Gasteiger partial charge in [-0.2, -0.15) is 0 Å². The summed E-state index contributed by atoms with van der Waals surface area (Å²) in [5.41, 5.74) is -3.19. The topological polar surface area (TPSA) is 141 Å². The Labute approximate surface area is 286 Å². The molecule has 49 heavy (non-hydrogen) atoms. The first-order valence-electron chi connectivity index (χ1n) is 17.2. The van der Waals surface area contributed by atoms with Crippen molar-refractivity contribution in [2.24, 2.45) is 11.8 Å². The first-order chi connectivity index (χ1) is 22.9. The third-order valence-electron chi connectivity index (χ3n) is 11.5. The quantitative estimate of drug-likeness (QED) is 0.134. The van der Waals surface area contributed by atoms with Gasteiger partial charge >= 0.3 is 0 Å². The summed E-state index contributed by atoms with van der Waals surface area (Å²) in [5, 5.41) is 23.4. The molecular formula is C39H46O10. The van der Waals surface area contributed by atoms with E-state index in [-0.39, 0.29) is 47.0 Å². The lowest BCUT2D eigenvalue weighted by atomic mass is 9.51. The smallest absolute Gasteiger partial charge is 0.298 e. The number of epoxide rings is 1. The van der Waals surface area contributed by atoms with Crippen molar-refractivity contribution in [3.63, 3.8) is 0 Å². The number of fused-ring (bicyclic) bond motifs is 2. The zero-order chi connectivity index (χ0) is 35.5. The fourth-order valence-corrected chi connectivity index (χ4v) is 9.04. The summed E-state index contributed by atoms with van der Waals surface area (Å²) < 4.78 is 31.6. The second-order valence-corrected chi connectivity index (χ2v) is 16.0. The van der Waals surface area contributed by atoms with Crippen molar-refractivity contribution in [3.8, 4) is 17.2 Å². The first kappa shape index (κ1) is 33.8. The van der Waals surface area contributed by atoms with Crippen molar-refractivity contribution in [2.45, 2.75) is 128 Å². The third-order valence-corrected chi connectivity index (χ3v) is 11.5. The Morgan fingerprint density at radius 3 is 2.43 bits per heavy atom. The van der Waals surface area contributed by atoms with Crippen LogP contribution in [0, 0.1) is 11.8 Å². The molecule has 3 fully saturated rings. The third kappa shape index (κ3) is 4.81.